The van der Waals surface area contributed by atoms with E-state index in [1.54, 1.807) is 0 Å². The van der Waals surface area contributed by atoms with E-state index in [9.17, 15) is 4.39 Å². The van der Waals surface area contributed by atoms with Gasteiger partial charge in [-0.15, -0.1) is 4.37 Å². The Balaban J connectivity index is 2.05. The molecule has 0 spiro atoms. The number of alkyl halides is 1. The molecule has 0 saturated carbocycles. The van der Waals surface area contributed by atoms with Crippen LogP contribution in [-0.4, -0.2) is 15.1 Å². The first kappa shape index (κ1) is 14.8. The van der Waals surface area contributed by atoms with Crippen molar-refractivity contribution in [1.29, 1.82) is 0 Å². The van der Waals surface area contributed by atoms with E-state index in [2.05, 4.69) is 15.7 Å². The Labute approximate surface area is 122 Å². The van der Waals surface area contributed by atoms with Crippen LogP contribution in [-0.2, 0) is 7.05 Å². The summed E-state index contributed by atoms with van der Waals surface area (Å²) in [7, 11) is 1.92. The van der Waals surface area contributed by atoms with Crippen LogP contribution in [0.15, 0.2) is 24.5 Å². The minimum atomic E-state index is -1.32. The Morgan fingerprint density at radius 1 is 1.40 bits per heavy atom. The molecule has 2 rings (SSSR count). The summed E-state index contributed by atoms with van der Waals surface area (Å²) in [4.78, 5) is 0. The lowest BCUT2D eigenvalue weighted by Crippen LogP contribution is -2.26. The fourth-order valence-electron chi connectivity index (χ4n) is 1.90. The van der Waals surface area contributed by atoms with Gasteiger partial charge < -0.3 is 4.74 Å². The molecule has 2 aromatic heterocycles. The number of halogens is 1. The molecule has 0 aromatic carbocycles. The van der Waals surface area contributed by atoms with Crippen molar-refractivity contribution in [2.75, 3.05) is 0 Å². The third kappa shape index (κ3) is 3.96. The minimum absolute atomic E-state index is 0.283. The number of nitrogens with zero attached hydrogens (tertiary/aromatic N) is 3. The highest BCUT2D eigenvalue weighted by atomic mass is 32.1. The van der Waals surface area contributed by atoms with Gasteiger partial charge >= 0.3 is 0 Å². The third-order valence-corrected chi connectivity index (χ3v) is 3.46. The van der Waals surface area contributed by atoms with Crippen LogP contribution in [0.3, 0.4) is 0 Å². The first-order chi connectivity index (χ1) is 9.70. The molecule has 0 saturated heterocycles. The Hall–Kier alpha value is -1.56. The molecule has 20 heavy (non-hydrogen) atoms. The average molecular weight is 296 g/mol. The van der Waals surface area contributed by atoms with Gasteiger partial charge in [-0.05, 0) is 12.5 Å². The van der Waals surface area contributed by atoms with Crippen LogP contribution in [0.25, 0.3) is 11.3 Å². The summed E-state index contributed by atoms with van der Waals surface area (Å²) < 4.78 is 29.2. The van der Waals surface area contributed by atoms with Crippen LogP contribution in [0.4, 0.5) is 4.39 Å². The first-order valence-electron chi connectivity index (χ1n) is 6.79. The predicted octanol–water partition coefficient (Wildman–Crippen LogP) is 3.28. The summed E-state index contributed by atoms with van der Waals surface area (Å²) in [5.41, 5.74) is 1.48. The Morgan fingerprint density at radius 3 is 3.00 bits per heavy atom. The normalized spacial score (nSPS) is 12.3. The molecular formula is C14H19FN3OS+. The lowest BCUT2D eigenvalue weighted by molar-refractivity contribution is -0.671. The van der Waals surface area contributed by atoms with Gasteiger partial charge in [0.25, 0.3) is 5.88 Å². The maximum absolute atomic E-state index is 13.8. The highest BCUT2D eigenvalue weighted by molar-refractivity contribution is 6.99. The molecule has 1 atom stereocenters. The van der Waals surface area contributed by atoms with Crippen molar-refractivity contribution in [1.82, 2.24) is 8.75 Å². The number of hydrogen-bond acceptors (Lipinski definition) is 4. The van der Waals surface area contributed by atoms with Gasteiger partial charge in [0.05, 0.1) is 17.3 Å². The van der Waals surface area contributed by atoms with Gasteiger partial charge in [-0.2, -0.15) is 4.37 Å². The van der Waals surface area contributed by atoms with Gasteiger partial charge in [-0.1, -0.05) is 19.8 Å². The second-order valence-electron chi connectivity index (χ2n) is 4.70. The van der Waals surface area contributed by atoms with E-state index in [-0.39, 0.29) is 5.88 Å². The quantitative estimate of drug-likeness (QED) is 0.581. The van der Waals surface area contributed by atoms with Crippen LogP contribution in [0, 0.1) is 0 Å². The zero-order valence-corrected chi connectivity index (χ0v) is 12.6. The monoisotopic (exact) mass is 296 g/mol. The molecule has 0 aliphatic rings. The van der Waals surface area contributed by atoms with E-state index in [4.69, 9.17) is 4.74 Å². The van der Waals surface area contributed by atoms with Crippen LogP contribution in [0.2, 0.25) is 0 Å². The fraction of sp³-hybridized carbons (Fsp3) is 0.500. The van der Waals surface area contributed by atoms with Crippen LogP contribution < -0.4 is 9.30 Å². The van der Waals surface area contributed by atoms with Crippen LogP contribution in [0.1, 0.15) is 32.6 Å². The van der Waals surface area contributed by atoms with Crippen molar-refractivity contribution < 1.29 is 13.7 Å². The molecule has 0 fully saturated rings. The molecule has 0 bridgehead atoms. The average Bonchev–Trinajstić information content (AvgIpc) is 2.87. The van der Waals surface area contributed by atoms with E-state index in [1.165, 1.54) is 0 Å². The summed E-state index contributed by atoms with van der Waals surface area (Å²) in [5.74, 6) is 0.283. The maximum atomic E-state index is 13.8. The zero-order valence-electron chi connectivity index (χ0n) is 11.8. The molecule has 4 nitrogen and oxygen atoms in total. The summed E-state index contributed by atoms with van der Waals surface area (Å²) in [6, 6.07) is 3.82. The largest absolute Gasteiger partial charge is 0.441 e. The molecule has 0 amide bonds. The van der Waals surface area contributed by atoms with E-state index in [1.807, 2.05) is 36.1 Å². The fourth-order valence-corrected chi connectivity index (χ4v) is 2.41. The number of aryl methyl sites for hydroxylation is 1. The van der Waals surface area contributed by atoms with Crippen LogP contribution in [0.5, 0.6) is 5.88 Å². The second kappa shape index (κ2) is 7.28. The van der Waals surface area contributed by atoms with Gasteiger partial charge in [-0.25, -0.2) is 8.96 Å². The van der Waals surface area contributed by atoms with Crippen molar-refractivity contribution in [2.45, 2.75) is 39.0 Å². The molecular weight excluding hydrogens is 277 g/mol. The van der Waals surface area contributed by atoms with Gasteiger partial charge in [0.15, 0.2) is 18.1 Å². The molecule has 0 aliphatic carbocycles. The number of hydrogen-bond donors (Lipinski definition) is 0. The number of rotatable bonds is 7. The summed E-state index contributed by atoms with van der Waals surface area (Å²) >= 11 is 1.04. The van der Waals surface area contributed by atoms with E-state index < -0.39 is 6.36 Å². The van der Waals surface area contributed by atoms with Crippen molar-refractivity contribution in [3.63, 3.8) is 0 Å². The predicted molar refractivity (Wildman–Crippen MR) is 76.2 cm³/mol. The Bertz CT molecular complexity index is 547. The molecule has 2 heterocycles. The Morgan fingerprint density at radius 2 is 2.25 bits per heavy atom. The lowest BCUT2D eigenvalue weighted by Gasteiger charge is -2.09. The summed E-state index contributed by atoms with van der Waals surface area (Å²) in [5, 5.41) is 0. The van der Waals surface area contributed by atoms with Gasteiger partial charge in [0.2, 0.25) is 6.36 Å². The second-order valence-corrected chi connectivity index (χ2v) is 5.23. The topological polar surface area (TPSA) is 38.9 Å². The van der Waals surface area contributed by atoms with E-state index in [0.717, 1.165) is 36.6 Å². The first-order valence-corrected chi connectivity index (χ1v) is 7.52. The molecule has 1 unspecified atom stereocenters. The summed E-state index contributed by atoms with van der Waals surface area (Å²) in [6.07, 6.45) is 5.82. The minimum Gasteiger partial charge on any atom is -0.441 e. The SMILES string of the molecule is CCCCCC(F)Oc1nsnc1-c1ccc[n+](C)c1. The third-order valence-electron chi connectivity index (χ3n) is 2.95. The smallest absolute Gasteiger partial charge is 0.256 e. The van der Waals surface area contributed by atoms with Crippen molar-refractivity contribution >= 4 is 11.7 Å². The molecule has 0 radical (unpaired) electrons. The lowest BCUT2D eigenvalue weighted by atomic mass is 10.2. The molecule has 0 N–H and O–H groups in total. The number of aromatic nitrogens is 3. The van der Waals surface area contributed by atoms with Gasteiger partial charge in [0.1, 0.15) is 7.05 Å². The van der Waals surface area contributed by atoms with Gasteiger partial charge in [0, 0.05) is 12.5 Å². The summed E-state index contributed by atoms with van der Waals surface area (Å²) in [6.45, 7) is 2.09. The van der Waals surface area contributed by atoms with Crippen LogP contribution >= 0.6 is 11.7 Å². The van der Waals surface area contributed by atoms with Gasteiger partial charge in [-0.3, -0.25) is 0 Å². The van der Waals surface area contributed by atoms with E-state index >= 15 is 0 Å². The van der Waals surface area contributed by atoms with Crippen molar-refractivity contribution in [2.24, 2.45) is 7.05 Å². The number of unbranched alkanes of at least 4 members (excludes halogenated alkanes) is 2. The highest BCUT2D eigenvalue weighted by Gasteiger charge is 2.18. The number of ether oxygens (including phenoxy) is 1. The molecule has 6 heteroatoms. The van der Waals surface area contributed by atoms with Crippen molar-refractivity contribution in [3.05, 3.63) is 24.5 Å². The molecule has 0 aliphatic heterocycles. The Kier molecular flexibility index (Phi) is 5.40. The molecule has 108 valence electrons. The maximum Gasteiger partial charge on any atom is 0.256 e. The zero-order chi connectivity index (χ0) is 14.4. The highest BCUT2D eigenvalue weighted by Crippen LogP contribution is 2.28. The van der Waals surface area contributed by atoms with E-state index in [0.29, 0.717) is 12.1 Å². The standard InChI is InChI=1S/C14H19FN3OS/c1-3-4-5-8-12(15)19-14-13(16-20-17-14)11-7-6-9-18(2)10-11/h6-7,9-10,12H,3-5,8H2,1-2H3/q+1. The number of pyridine rings is 1. The van der Waals surface area contributed by atoms with Crippen molar-refractivity contribution in [3.8, 4) is 17.1 Å². The molecule has 2 aromatic rings.